The van der Waals surface area contributed by atoms with Crippen molar-refractivity contribution in [1.82, 2.24) is 35.2 Å². The van der Waals surface area contributed by atoms with Gasteiger partial charge in [0.05, 0.1) is 6.33 Å². The van der Waals surface area contributed by atoms with Crippen LogP contribution in [0.4, 0.5) is 5.82 Å². The zero-order valence-corrected chi connectivity index (χ0v) is 17.8. The Morgan fingerprint density at radius 3 is 2.75 bits per heavy atom. The molecule has 32 heavy (non-hydrogen) atoms. The smallest absolute Gasteiger partial charge is 0.286 e. The summed E-state index contributed by atoms with van der Waals surface area (Å²) in [6, 6.07) is 3.38. The van der Waals surface area contributed by atoms with Crippen LogP contribution in [-0.2, 0) is 9.53 Å². The molecular formula is C18H21ClN8O5. The minimum Gasteiger partial charge on any atom is -0.387 e. The number of nitrogens with zero attached hydrogens (tertiary/aromatic N) is 4. The summed E-state index contributed by atoms with van der Waals surface area (Å²) in [5.41, 5.74) is 6.67. The van der Waals surface area contributed by atoms with Crippen molar-refractivity contribution in [3.63, 3.8) is 0 Å². The van der Waals surface area contributed by atoms with E-state index in [0.29, 0.717) is 12.2 Å². The number of hydrazine groups is 1. The molecule has 2 amide bonds. The fourth-order valence-electron chi connectivity index (χ4n) is 3.36. The number of hydrogen-bond acceptors (Lipinski definition) is 9. The Kier molecular flexibility index (Phi) is 5.97. The number of aryl methyl sites for hydroxylation is 1. The van der Waals surface area contributed by atoms with Gasteiger partial charge in [-0.25, -0.2) is 4.98 Å². The van der Waals surface area contributed by atoms with Crippen LogP contribution < -0.4 is 16.2 Å². The Morgan fingerprint density at radius 1 is 1.28 bits per heavy atom. The summed E-state index contributed by atoms with van der Waals surface area (Å²) in [5.74, 6) is -0.894. The molecule has 170 valence electrons. The van der Waals surface area contributed by atoms with Crippen molar-refractivity contribution in [3.8, 4) is 0 Å². The number of carbonyl (C=O) groups is 2. The molecule has 4 atom stereocenters. The molecule has 1 aliphatic rings. The van der Waals surface area contributed by atoms with Gasteiger partial charge in [-0.1, -0.05) is 0 Å². The van der Waals surface area contributed by atoms with E-state index in [0.717, 1.165) is 5.69 Å². The number of carbonyl (C=O) groups excluding carboxylic acids is 2. The van der Waals surface area contributed by atoms with Gasteiger partial charge in [0.25, 0.3) is 11.8 Å². The summed E-state index contributed by atoms with van der Waals surface area (Å²) in [4.78, 5) is 39.7. The normalized spacial score (nSPS) is 22.8. The highest BCUT2D eigenvalue weighted by Crippen LogP contribution is 2.33. The van der Waals surface area contributed by atoms with Gasteiger partial charge in [-0.2, -0.15) is 9.97 Å². The molecule has 0 bridgehead atoms. The van der Waals surface area contributed by atoms with Crippen molar-refractivity contribution in [1.29, 1.82) is 0 Å². The molecule has 3 aromatic rings. The van der Waals surface area contributed by atoms with E-state index in [9.17, 15) is 19.8 Å². The standard InChI is InChI=1S/C18H21ClN8O5/c1-3-20-16(31)12-10(28)11(29)17(32-12)27-6-21-9-13(23-18(19)24-14(9)27)25-26-15(30)8-5-4-7(2)22-8/h4-6,10-12,17,22,28-29H,3H2,1-2H3,(H,20,31)(H,26,30)(H,23,24,25)/t10-,11+,12-,17+/m0/s1. The number of imidazole rings is 1. The molecule has 3 aromatic heterocycles. The van der Waals surface area contributed by atoms with Crippen LogP contribution in [0.5, 0.6) is 0 Å². The van der Waals surface area contributed by atoms with E-state index in [2.05, 4.69) is 36.1 Å². The number of ether oxygens (including phenoxy) is 1. The number of nitrogens with one attached hydrogen (secondary N) is 4. The lowest BCUT2D eigenvalue weighted by molar-refractivity contribution is -0.137. The molecule has 0 radical (unpaired) electrons. The van der Waals surface area contributed by atoms with Crippen molar-refractivity contribution < 1.29 is 24.5 Å². The van der Waals surface area contributed by atoms with Gasteiger partial charge >= 0.3 is 0 Å². The van der Waals surface area contributed by atoms with Gasteiger partial charge < -0.3 is 25.3 Å². The lowest BCUT2D eigenvalue weighted by Crippen LogP contribution is -2.42. The fraction of sp³-hybridized carbons (Fsp3) is 0.389. The largest absolute Gasteiger partial charge is 0.387 e. The number of aliphatic hydroxyl groups excluding tert-OH is 2. The molecule has 0 aromatic carbocycles. The Bertz CT molecular complexity index is 1160. The highest BCUT2D eigenvalue weighted by Gasteiger charge is 2.47. The Labute approximate surface area is 186 Å². The predicted octanol–water partition coefficient (Wildman–Crippen LogP) is -0.372. The summed E-state index contributed by atoms with van der Waals surface area (Å²) in [5, 5.41) is 23.1. The average Bonchev–Trinajstić information content (AvgIpc) is 3.45. The number of rotatable bonds is 6. The highest BCUT2D eigenvalue weighted by atomic mass is 35.5. The van der Waals surface area contributed by atoms with Crippen molar-refractivity contribution >= 4 is 40.4 Å². The zero-order valence-electron chi connectivity index (χ0n) is 17.0. The number of aliphatic hydroxyl groups is 2. The third kappa shape index (κ3) is 3.98. The van der Waals surface area contributed by atoms with Crippen molar-refractivity contribution in [2.24, 2.45) is 0 Å². The summed E-state index contributed by atoms with van der Waals surface area (Å²) < 4.78 is 6.93. The molecular weight excluding hydrogens is 444 g/mol. The molecule has 0 unspecified atom stereocenters. The first-order valence-electron chi connectivity index (χ1n) is 9.71. The zero-order chi connectivity index (χ0) is 23.0. The molecule has 0 aliphatic carbocycles. The monoisotopic (exact) mass is 464 g/mol. The van der Waals surface area contributed by atoms with Crippen LogP contribution in [0, 0.1) is 6.92 Å². The molecule has 4 heterocycles. The van der Waals surface area contributed by atoms with E-state index < -0.39 is 36.4 Å². The van der Waals surface area contributed by atoms with Crippen LogP contribution in [0.3, 0.4) is 0 Å². The Hall–Kier alpha value is -3.26. The minimum absolute atomic E-state index is 0.101. The van der Waals surface area contributed by atoms with E-state index in [1.54, 1.807) is 19.1 Å². The highest BCUT2D eigenvalue weighted by molar-refractivity contribution is 6.28. The number of aromatic amines is 1. The minimum atomic E-state index is -1.46. The summed E-state index contributed by atoms with van der Waals surface area (Å²) in [6.45, 7) is 3.88. The van der Waals surface area contributed by atoms with Gasteiger partial charge in [0.2, 0.25) is 5.28 Å². The van der Waals surface area contributed by atoms with E-state index in [-0.39, 0.29) is 22.3 Å². The van der Waals surface area contributed by atoms with Gasteiger partial charge in [-0.15, -0.1) is 0 Å². The van der Waals surface area contributed by atoms with Crippen LogP contribution in [0.2, 0.25) is 5.28 Å². The predicted molar refractivity (Wildman–Crippen MR) is 112 cm³/mol. The average molecular weight is 465 g/mol. The van der Waals surface area contributed by atoms with Crippen LogP contribution in [-0.4, -0.2) is 71.4 Å². The first-order valence-corrected chi connectivity index (χ1v) is 10.1. The quantitative estimate of drug-likeness (QED) is 0.209. The first kappa shape index (κ1) is 22.0. The van der Waals surface area contributed by atoms with Crippen molar-refractivity contribution in [3.05, 3.63) is 35.1 Å². The van der Waals surface area contributed by atoms with Gasteiger partial charge in [-0.05, 0) is 37.6 Å². The summed E-state index contributed by atoms with van der Waals surface area (Å²) >= 11 is 6.04. The third-order valence-electron chi connectivity index (χ3n) is 4.89. The molecule has 1 saturated heterocycles. The topological polar surface area (TPSA) is 179 Å². The van der Waals surface area contributed by atoms with Gasteiger partial charge in [0.1, 0.15) is 17.9 Å². The van der Waals surface area contributed by atoms with E-state index >= 15 is 0 Å². The summed E-state index contributed by atoms with van der Waals surface area (Å²) in [7, 11) is 0. The van der Waals surface area contributed by atoms with Crippen molar-refractivity contribution in [2.45, 2.75) is 38.4 Å². The summed E-state index contributed by atoms with van der Waals surface area (Å²) in [6.07, 6.45) is -4.01. The number of hydrogen-bond donors (Lipinski definition) is 6. The van der Waals surface area contributed by atoms with Crippen molar-refractivity contribution in [2.75, 3.05) is 12.0 Å². The van der Waals surface area contributed by atoms with Gasteiger partial charge in [-0.3, -0.25) is 25.0 Å². The lowest BCUT2D eigenvalue weighted by atomic mass is 10.1. The van der Waals surface area contributed by atoms with Gasteiger partial charge in [0.15, 0.2) is 29.3 Å². The maximum Gasteiger partial charge on any atom is 0.286 e. The number of aromatic nitrogens is 5. The molecule has 0 saturated carbocycles. The Balaban J connectivity index is 1.59. The SMILES string of the molecule is CCNC(=O)[C@H]1O[C@@H](n2cnc3c(NNC(=O)c4ccc(C)[nH]4)nc(Cl)nc32)[C@H](O)[C@@H]1O. The number of amides is 2. The second kappa shape index (κ2) is 8.70. The second-order valence-electron chi connectivity index (χ2n) is 7.12. The number of H-pyrrole nitrogens is 1. The Morgan fingerprint density at radius 2 is 2.06 bits per heavy atom. The maximum absolute atomic E-state index is 12.3. The number of halogens is 1. The molecule has 0 spiro atoms. The number of fused-ring (bicyclic) bond motifs is 1. The van der Waals surface area contributed by atoms with Crippen LogP contribution >= 0.6 is 11.6 Å². The number of anilines is 1. The fourth-order valence-corrected chi connectivity index (χ4v) is 3.53. The molecule has 1 fully saturated rings. The van der Waals surface area contributed by atoms with E-state index in [1.165, 1.54) is 10.9 Å². The van der Waals surface area contributed by atoms with E-state index in [4.69, 9.17) is 16.3 Å². The third-order valence-corrected chi connectivity index (χ3v) is 5.06. The van der Waals surface area contributed by atoms with Crippen LogP contribution in [0.1, 0.15) is 29.3 Å². The van der Waals surface area contributed by atoms with Gasteiger partial charge in [0, 0.05) is 12.2 Å². The van der Waals surface area contributed by atoms with E-state index in [1.807, 2.05) is 6.92 Å². The lowest BCUT2D eigenvalue weighted by Gasteiger charge is -2.16. The molecule has 4 rings (SSSR count). The van der Waals surface area contributed by atoms with Crippen LogP contribution in [0.25, 0.3) is 11.2 Å². The molecule has 6 N–H and O–H groups in total. The van der Waals surface area contributed by atoms with Crippen LogP contribution in [0.15, 0.2) is 18.5 Å². The first-order chi connectivity index (χ1) is 15.3. The maximum atomic E-state index is 12.3. The number of likely N-dealkylation sites (N-methyl/N-ethyl adjacent to an activating group) is 1. The second-order valence-corrected chi connectivity index (χ2v) is 7.46. The molecule has 14 heteroatoms. The molecule has 13 nitrogen and oxygen atoms in total. The molecule has 1 aliphatic heterocycles.